The summed E-state index contributed by atoms with van der Waals surface area (Å²) in [6.45, 7) is 5.27. The number of aromatic nitrogens is 2. The van der Waals surface area contributed by atoms with Crippen molar-refractivity contribution in [2.45, 2.75) is 13.5 Å². The van der Waals surface area contributed by atoms with Gasteiger partial charge in [0.05, 0.1) is 7.11 Å². The van der Waals surface area contributed by atoms with Gasteiger partial charge in [0, 0.05) is 50.5 Å². The molecule has 0 spiro atoms. The molecule has 1 fully saturated rings. The van der Waals surface area contributed by atoms with Crippen LogP contribution in [0.2, 0.25) is 0 Å². The lowest BCUT2D eigenvalue weighted by Gasteiger charge is -2.35. The van der Waals surface area contributed by atoms with Crippen LogP contribution in [0.4, 0.5) is 5.95 Å². The number of piperazine rings is 1. The number of anilines is 1. The van der Waals surface area contributed by atoms with Crippen molar-refractivity contribution in [2.75, 3.05) is 38.2 Å². The van der Waals surface area contributed by atoms with Crippen molar-refractivity contribution < 1.29 is 13.9 Å². The second-order valence-corrected chi connectivity index (χ2v) is 6.62. The molecule has 9 heteroatoms. The summed E-state index contributed by atoms with van der Waals surface area (Å²) in [6.07, 6.45) is 3.73. The van der Waals surface area contributed by atoms with Crippen LogP contribution in [-0.2, 0) is 6.54 Å². The summed E-state index contributed by atoms with van der Waals surface area (Å²) in [5, 5.41) is 0.658. The molecule has 0 N–H and O–H groups in total. The van der Waals surface area contributed by atoms with Crippen LogP contribution in [-0.4, -0.2) is 53.6 Å². The third kappa shape index (κ3) is 3.80. The smallest absolute Gasteiger partial charge is 0.349 e. The molecule has 2 aromatic heterocycles. The van der Waals surface area contributed by atoms with Crippen molar-refractivity contribution in [2.24, 2.45) is 0 Å². The minimum absolute atomic E-state index is 0. The molecular weight excluding hydrogens is 396 g/mol. The highest BCUT2D eigenvalue weighted by molar-refractivity contribution is 5.97. The number of carbonyl (C=O) groups excluding carboxylic acids is 1. The first-order valence-electron chi connectivity index (χ1n) is 9.28. The highest BCUT2D eigenvalue weighted by Gasteiger charge is 2.26. The number of benzene rings is 1. The Labute approximate surface area is 174 Å². The van der Waals surface area contributed by atoms with Crippen LogP contribution in [0.3, 0.4) is 0 Å². The molecule has 0 bridgehead atoms. The van der Waals surface area contributed by atoms with Gasteiger partial charge in [0.15, 0.2) is 11.3 Å². The Morgan fingerprint density at radius 2 is 2.00 bits per heavy atom. The SMILES string of the molecule is CCn1ccnc1N1CCN(C(=O)c2cc3cccc(OC)c3oc2=O)CC1.Cl. The normalized spacial score (nSPS) is 14.0. The molecule has 0 radical (unpaired) electrons. The maximum Gasteiger partial charge on any atom is 0.349 e. The summed E-state index contributed by atoms with van der Waals surface area (Å²) in [4.78, 5) is 33.6. The molecule has 3 aromatic rings. The number of hydrogen-bond donors (Lipinski definition) is 0. The summed E-state index contributed by atoms with van der Waals surface area (Å²) in [5.74, 6) is 1.07. The summed E-state index contributed by atoms with van der Waals surface area (Å²) >= 11 is 0. The number of imidazole rings is 1. The molecular formula is C20H23ClN4O4. The van der Waals surface area contributed by atoms with Crippen molar-refractivity contribution in [3.05, 3.63) is 52.6 Å². The van der Waals surface area contributed by atoms with E-state index in [2.05, 4.69) is 21.4 Å². The minimum atomic E-state index is -0.647. The fourth-order valence-corrected chi connectivity index (χ4v) is 3.54. The van der Waals surface area contributed by atoms with E-state index in [1.807, 2.05) is 6.20 Å². The van der Waals surface area contributed by atoms with Gasteiger partial charge in [-0.25, -0.2) is 9.78 Å². The van der Waals surface area contributed by atoms with E-state index >= 15 is 0 Å². The molecule has 1 aliphatic rings. The zero-order valence-electron chi connectivity index (χ0n) is 16.3. The predicted octanol–water partition coefficient (Wildman–Crippen LogP) is 2.40. The third-order valence-corrected chi connectivity index (χ3v) is 5.06. The molecule has 29 heavy (non-hydrogen) atoms. The molecule has 154 valence electrons. The van der Waals surface area contributed by atoms with Crippen molar-refractivity contribution in [1.82, 2.24) is 14.5 Å². The summed E-state index contributed by atoms with van der Waals surface area (Å²) in [5.41, 5.74) is -0.252. The Bertz CT molecular complexity index is 1070. The van der Waals surface area contributed by atoms with Crippen LogP contribution in [0, 0.1) is 0 Å². The third-order valence-electron chi connectivity index (χ3n) is 5.06. The number of amides is 1. The lowest BCUT2D eigenvalue weighted by atomic mass is 10.1. The van der Waals surface area contributed by atoms with Gasteiger partial charge in [-0.2, -0.15) is 0 Å². The van der Waals surface area contributed by atoms with Crippen LogP contribution in [0.15, 0.2) is 45.9 Å². The van der Waals surface area contributed by atoms with Gasteiger partial charge in [0.25, 0.3) is 5.91 Å². The summed E-state index contributed by atoms with van der Waals surface area (Å²) in [6, 6.07) is 6.89. The van der Waals surface area contributed by atoms with Gasteiger partial charge in [-0.15, -0.1) is 12.4 Å². The summed E-state index contributed by atoms with van der Waals surface area (Å²) in [7, 11) is 1.51. The van der Waals surface area contributed by atoms with Crippen molar-refractivity contribution in [3.63, 3.8) is 0 Å². The average Bonchev–Trinajstić information content (AvgIpc) is 3.21. The van der Waals surface area contributed by atoms with Crippen molar-refractivity contribution in [1.29, 1.82) is 0 Å². The van der Waals surface area contributed by atoms with Crippen molar-refractivity contribution >= 4 is 35.2 Å². The quantitative estimate of drug-likeness (QED) is 0.605. The second kappa shape index (κ2) is 8.57. The molecule has 3 heterocycles. The van der Waals surface area contributed by atoms with E-state index in [0.29, 0.717) is 42.9 Å². The fraction of sp³-hybridized carbons (Fsp3) is 0.350. The second-order valence-electron chi connectivity index (χ2n) is 6.62. The number of aryl methyl sites for hydroxylation is 1. The number of para-hydroxylation sites is 1. The highest BCUT2D eigenvalue weighted by Crippen LogP contribution is 2.25. The van der Waals surface area contributed by atoms with Gasteiger partial charge in [0.1, 0.15) is 5.56 Å². The zero-order chi connectivity index (χ0) is 19.7. The van der Waals surface area contributed by atoms with Gasteiger partial charge < -0.3 is 23.5 Å². The Morgan fingerprint density at radius 1 is 1.24 bits per heavy atom. The van der Waals surface area contributed by atoms with E-state index in [0.717, 1.165) is 12.5 Å². The topological polar surface area (TPSA) is 80.8 Å². The largest absolute Gasteiger partial charge is 0.493 e. The van der Waals surface area contributed by atoms with Crippen LogP contribution < -0.4 is 15.3 Å². The molecule has 1 aliphatic heterocycles. The highest BCUT2D eigenvalue weighted by atomic mass is 35.5. The molecule has 1 aromatic carbocycles. The number of hydrogen-bond acceptors (Lipinski definition) is 6. The number of ether oxygens (including phenoxy) is 1. The van der Waals surface area contributed by atoms with E-state index in [9.17, 15) is 9.59 Å². The van der Waals surface area contributed by atoms with Crippen LogP contribution in [0.25, 0.3) is 11.0 Å². The molecule has 8 nitrogen and oxygen atoms in total. The average molecular weight is 419 g/mol. The Balaban J connectivity index is 0.00000240. The molecule has 0 saturated carbocycles. The van der Waals surface area contributed by atoms with Gasteiger partial charge in [0.2, 0.25) is 5.95 Å². The number of fused-ring (bicyclic) bond motifs is 1. The van der Waals surface area contributed by atoms with Gasteiger partial charge in [-0.3, -0.25) is 4.79 Å². The molecule has 0 atom stereocenters. The first-order chi connectivity index (χ1) is 13.6. The van der Waals surface area contributed by atoms with Crippen LogP contribution in [0.5, 0.6) is 5.75 Å². The first kappa shape index (κ1) is 20.7. The number of carbonyl (C=O) groups is 1. The lowest BCUT2D eigenvalue weighted by molar-refractivity contribution is 0.0742. The van der Waals surface area contributed by atoms with Gasteiger partial charge in [-0.1, -0.05) is 12.1 Å². The van der Waals surface area contributed by atoms with E-state index < -0.39 is 5.63 Å². The standard InChI is InChI=1S/C20H22N4O4.ClH/c1-3-22-8-7-21-20(22)24-11-9-23(10-12-24)18(25)15-13-14-5-4-6-16(27-2)17(14)28-19(15)26;/h4-8,13H,3,9-12H2,1-2H3;1H. The van der Waals surface area contributed by atoms with Gasteiger partial charge in [-0.05, 0) is 19.1 Å². The maximum absolute atomic E-state index is 12.9. The summed E-state index contributed by atoms with van der Waals surface area (Å²) < 4.78 is 12.7. The predicted molar refractivity (Wildman–Crippen MR) is 112 cm³/mol. The number of methoxy groups -OCH3 is 1. The van der Waals surface area contributed by atoms with Gasteiger partial charge >= 0.3 is 5.63 Å². The van der Waals surface area contributed by atoms with Crippen LogP contribution >= 0.6 is 12.4 Å². The zero-order valence-corrected chi connectivity index (χ0v) is 17.1. The first-order valence-corrected chi connectivity index (χ1v) is 9.28. The minimum Gasteiger partial charge on any atom is -0.493 e. The fourth-order valence-electron chi connectivity index (χ4n) is 3.54. The molecule has 1 amide bonds. The Kier molecular flexibility index (Phi) is 6.12. The van der Waals surface area contributed by atoms with E-state index in [-0.39, 0.29) is 23.9 Å². The number of halogens is 1. The maximum atomic E-state index is 12.9. The molecule has 4 rings (SSSR count). The Morgan fingerprint density at radius 3 is 2.69 bits per heavy atom. The van der Waals surface area contributed by atoms with E-state index in [4.69, 9.17) is 9.15 Å². The monoisotopic (exact) mass is 418 g/mol. The Hall–Kier alpha value is -3.00. The molecule has 0 unspecified atom stereocenters. The van der Waals surface area contributed by atoms with Crippen molar-refractivity contribution in [3.8, 4) is 5.75 Å². The van der Waals surface area contributed by atoms with Crippen LogP contribution in [0.1, 0.15) is 17.3 Å². The van der Waals surface area contributed by atoms with E-state index in [1.165, 1.54) is 7.11 Å². The van der Waals surface area contributed by atoms with E-state index in [1.54, 1.807) is 35.4 Å². The molecule has 0 aliphatic carbocycles. The number of nitrogens with zero attached hydrogens (tertiary/aromatic N) is 4. The number of rotatable bonds is 4. The lowest BCUT2D eigenvalue weighted by Crippen LogP contribution is -2.50. The molecule has 1 saturated heterocycles.